The van der Waals surface area contributed by atoms with Crippen LogP contribution in [0.4, 0.5) is 8.78 Å². The van der Waals surface area contributed by atoms with Crippen molar-refractivity contribution in [3.63, 3.8) is 0 Å². The lowest BCUT2D eigenvalue weighted by Gasteiger charge is -2.16. The Morgan fingerprint density at radius 2 is 1.82 bits per heavy atom. The van der Waals surface area contributed by atoms with E-state index >= 15 is 0 Å². The van der Waals surface area contributed by atoms with Crippen molar-refractivity contribution in [3.05, 3.63) is 65.2 Å². The average molecular weight is 325 g/mol. The fraction of sp³-hybridized carbons (Fsp3) is 0.250. The van der Waals surface area contributed by atoms with E-state index < -0.39 is 25.0 Å². The smallest absolute Gasteiger partial charge is 0.229 e. The zero-order valence-electron chi connectivity index (χ0n) is 12.4. The van der Waals surface area contributed by atoms with Crippen molar-refractivity contribution in [2.75, 3.05) is 13.3 Å². The minimum atomic E-state index is -2.85. The maximum atomic E-state index is 13.8. The zero-order chi connectivity index (χ0) is 16.3. The highest BCUT2D eigenvalue weighted by Crippen LogP contribution is 2.41. The molecular formula is C16H18F2NO2P. The monoisotopic (exact) mass is 325 g/mol. The van der Waals surface area contributed by atoms with E-state index in [4.69, 9.17) is 10.3 Å². The maximum Gasteiger partial charge on any atom is 0.229 e. The van der Waals surface area contributed by atoms with Crippen LogP contribution in [0.1, 0.15) is 24.1 Å². The number of hydrogen-bond donors (Lipinski definition) is 1. The SMILES string of the molecule is CCOP(C)(=O)c1ccc(C(N)c2ccc(F)cc2F)cc1. The molecule has 2 N–H and O–H groups in total. The first-order valence-electron chi connectivity index (χ1n) is 6.88. The zero-order valence-corrected chi connectivity index (χ0v) is 13.3. The molecule has 2 unspecified atom stereocenters. The second-order valence-corrected chi connectivity index (χ2v) is 7.47. The van der Waals surface area contributed by atoms with Crippen molar-refractivity contribution in [1.29, 1.82) is 0 Å². The van der Waals surface area contributed by atoms with Crippen LogP contribution >= 0.6 is 7.37 Å². The molecule has 0 radical (unpaired) electrons. The molecule has 0 bridgehead atoms. The minimum Gasteiger partial charge on any atom is -0.326 e. The van der Waals surface area contributed by atoms with Crippen LogP contribution in [0.2, 0.25) is 0 Å². The highest BCUT2D eigenvalue weighted by molar-refractivity contribution is 7.66. The number of rotatable bonds is 5. The summed E-state index contributed by atoms with van der Waals surface area (Å²) in [6, 6.07) is 9.25. The first kappa shape index (κ1) is 16.8. The molecule has 2 aromatic carbocycles. The van der Waals surface area contributed by atoms with Crippen LogP contribution < -0.4 is 11.0 Å². The lowest BCUT2D eigenvalue weighted by Crippen LogP contribution is -2.15. The van der Waals surface area contributed by atoms with Gasteiger partial charge in [-0.3, -0.25) is 4.57 Å². The molecule has 6 heteroatoms. The predicted molar refractivity (Wildman–Crippen MR) is 83.6 cm³/mol. The normalized spacial score (nSPS) is 15.3. The Hall–Kier alpha value is -1.55. The van der Waals surface area contributed by atoms with Crippen LogP contribution in [-0.2, 0) is 9.09 Å². The van der Waals surface area contributed by atoms with E-state index in [0.29, 0.717) is 17.5 Å². The van der Waals surface area contributed by atoms with Gasteiger partial charge in [-0.15, -0.1) is 0 Å². The third-order valence-corrected chi connectivity index (χ3v) is 5.38. The summed E-state index contributed by atoms with van der Waals surface area (Å²) in [5, 5.41) is 0.574. The van der Waals surface area contributed by atoms with Crippen LogP contribution in [0.5, 0.6) is 0 Å². The Labute approximate surface area is 128 Å². The second-order valence-electron chi connectivity index (χ2n) is 5.00. The first-order valence-corrected chi connectivity index (χ1v) is 8.95. The van der Waals surface area contributed by atoms with Gasteiger partial charge in [-0.1, -0.05) is 18.2 Å². The third kappa shape index (κ3) is 3.61. The van der Waals surface area contributed by atoms with Gasteiger partial charge in [0.05, 0.1) is 12.6 Å². The highest BCUT2D eigenvalue weighted by Gasteiger charge is 2.20. The molecule has 0 heterocycles. The van der Waals surface area contributed by atoms with E-state index in [1.54, 1.807) is 37.9 Å². The standard InChI is InChI=1S/C16H18F2NO2P/c1-3-21-22(2,20)13-7-4-11(5-8-13)16(19)14-9-6-12(17)10-15(14)18/h4-10,16H,3,19H2,1-2H3. The second kappa shape index (κ2) is 6.69. The topological polar surface area (TPSA) is 52.3 Å². The molecule has 0 aliphatic carbocycles. The minimum absolute atomic E-state index is 0.207. The van der Waals surface area contributed by atoms with E-state index in [1.165, 1.54) is 12.1 Å². The van der Waals surface area contributed by atoms with Crippen LogP contribution in [0.15, 0.2) is 42.5 Å². The van der Waals surface area contributed by atoms with E-state index in [0.717, 1.165) is 6.07 Å². The Morgan fingerprint density at radius 3 is 2.36 bits per heavy atom. The molecular weight excluding hydrogens is 307 g/mol. The largest absolute Gasteiger partial charge is 0.326 e. The van der Waals surface area contributed by atoms with Crippen molar-refractivity contribution < 1.29 is 17.9 Å². The molecule has 0 saturated carbocycles. The molecule has 3 nitrogen and oxygen atoms in total. The molecule has 2 rings (SSSR count). The molecule has 0 aromatic heterocycles. The molecule has 0 fully saturated rings. The van der Waals surface area contributed by atoms with Gasteiger partial charge in [0, 0.05) is 23.6 Å². The van der Waals surface area contributed by atoms with Gasteiger partial charge in [-0.25, -0.2) is 8.78 Å². The molecule has 0 saturated heterocycles. The van der Waals surface area contributed by atoms with Gasteiger partial charge in [0.2, 0.25) is 7.37 Å². The number of halogens is 2. The third-order valence-electron chi connectivity index (χ3n) is 3.39. The predicted octanol–water partition coefficient (Wildman–Crippen LogP) is 3.58. The molecule has 0 spiro atoms. The molecule has 22 heavy (non-hydrogen) atoms. The summed E-state index contributed by atoms with van der Waals surface area (Å²) < 4.78 is 44.3. The van der Waals surface area contributed by atoms with Crippen LogP contribution in [-0.4, -0.2) is 13.3 Å². The molecule has 2 aromatic rings. The van der Waals surface area contributed by atoms with Crippen molar-refractivity contribution in [1.82, 2.24) is 0 Å². The quantitative estimate of drug-likeness (QED) is 0.855. The van der Waals surface area contributed by atoms with E-state index in [2.05, 4.69) is 0 Å². The van der Waals surface area contributed by atoms with Crippen molar-refractivity contribution >= 4 is 12.7 Å². The van der Waals surface area contributed by atoms with E-state index in [9.17, 15) is 13.3 Å². The fourth-order valence-corrected chi connectivity index (χ4v) is 3.54. The van der Waals surface area contributed by atoms with Gasteiger partial charge in [0.1, 0.15) is 11.6 Å². The van der Waals surface area contributed by atoms with Crippen molar-refractivity contribution in [2.24, 2.45) is 5.73 Å². The maximum absolute atomic E-state index is 13.8. The molecule has 118 valence electrons. The fourth-order valence-electron chi connectivity index (χ4n) is 2.21. The number of hydrogen-bond acceptors (Lipinski definition) is 3. The van der Waals surface area contributed by atoms with Gasteiger partial charge in [-0.05, 0) is 30.7 Å². The molecule has 0 aliphatic rings. The average Bonchev–Trinajstić information content (AvgIpc) is 2.47. The van der Waals surface area contributed by atoms with Gasteiger partial charge in [-0.2, -0.15) is 0 Å². The highest BCUT2D eigenvalue weighted by atomic mass is 31.2. The first-order chi connectivity index (χ1) is 10.3. The summed E-state index contributed by atoms with van der Waals surface area (Å²) in [4.78, 5) is 0. The lowest BCUT2D eigenvalue weighted by molar-refractivity contribution is 0.345. The van der Waals surface area contributed by atoms with Gasteiger partial charge < -0.3 is 10.3 Å². The Bertz CT molecular complexity index is 704. The molecule has 0 aliphatic heterocycles. The Morgan fingerprint density at radius 1 is 1.18 bits per heavy atom. The Kier molecular flexibility index (Phi) is 5.12. The summed E-state index contributed by atoms with van der Waals surface area (Å²) in [7, 11) is -2.85. The summed E-state index contributed by atoms with van der Waals surface area (Å²) in [5.74, 6) is -1.33. The molecule has 2 atom stereocenters. The van der Waals surface area contributed by atoms with Crippen molar-refractivity contribution in [3.8, 4) is 0 Å². The van der Waals surface area contributed by atoms with Crippen LogP contribution in [0.25, 0.3) is 0 Å². The summed E-state index contributed by atoms with van der Waals surface area (Å²) in [5.41, 5.74) is 6.87. The van der Waals surface area contributed by atoms with E-state index in [-0.39, 0.29) is 5.56 Å². The summed E-state index contributed by atoms with van der Waals surface area (Å²) in [6.07, 6.45) is 0. The van der Waals surface area contributed by atoms with Gasteiger partial charge in [0.15, 0.2) is 0 Å². The Balaban J connectivity index is 2.28. The van der Waals surface area contributed by atoms with Gasteiger partial charge in [0.25, 0.3) is 0 Å². The van der Waals surface area contributed by atoms with Gasteiger partial charge >= 0.3 is 0 Å². The number of benzene rings is 2. The summed E-state index contributed by atoms with van der Waals surface area (Å²) >= 11 is 0. The summed E-state index contributed by atoms with van der Waals surface area (Å²) in [6.45, 7) is 3.68. The lowest BCUT2D eigenvalue weighted by atomic mass is 9.99. The van der Waals surface area contributed by atoms with E-state index in [1.807, 2.05) is 0 Å². The van der Waals surface area contributed by atoms with Crippen LogP contribution in [0, 0.1) is 11.6 Å². The van der Waals surface area contributed by atoms with Crippen LogP contribution in [0.3, 0.4) is 0 Å². The number of nitrogens with two attached hydrogens (primary N) is 1. The van der Waals surface area contributed by atoms with Crippen molar-refractivity contribution in [2.45, 2.75) is 13.0 Å². The molecule has 0 amide bonds.